The molecule has 0 amide bonds. The number of nitrogen functional groups attached to an aromatic ring is 1. The smallest absolute Gasteiger partial charge is 0.222 e. The molecule has 0 saturated heterocycles. The van der Waals surface area contributed by atoms with Gasteiger partial charge in [0, 0.05) is 18.2 Å². The first-order chi connectivity index (χ1) is 9.54. The number of rotatable bonds is 5. The quantitative estimate of drug-likeness (QED) is 0.878. The van der Waals surface area contributed by atoms with E-state index in [1.165, 1.54) is 12.1 Å². The van der Waals surface area contributed by atoms with E-state index in [9.17, 15) is 4.39 Å². The molecule has 0 saturated carbocycles. The standard InChI is InChI=1S/C15H19FN4/c1-10(2)7-8-18-14-9-13(19-15(17)20-14)11-3-5-12(16)6-4-11/h3-6,9-10H,7-8H2,1-2H3,(H3,17,18,19,20). The molecule has 0 spiro atoms. The van der Waals surface area contributed by atoms with E-state index >= 15 is 0 Å². The maximum absolute atomic E-state index is 12.9. The van der Waals surface area contributed by atoms with Crippen molar-refractivity contribution in [2.24, 2.45) is 5.92 Å². The maximum atomic E-state index is 12.9. The molecule has 0 unspecified atom stereocenters. The van der Waals surface area contributed by atoms with Crippen LogP contribution in [0.5, 0.6) is 0 Å². The number of nitrogens with one attached hydrogen (secondary N) is 1. The molecule has 5 heteroatoms. The highest BCUT2D eigenvalue weighted by molar-refractivity contribution is 5.63. The van der Waals surface area contributed by atoms with Gasteiger partial charge in [-0.3, -0.25) is 0 Å². The maximum Gasteiger partial charge on any atom is 0.222 e. The molecule has 3 N–H and O–H groups in total. The van der Waals surface area contributed by atoms with E-state index < -0.39 is 0 Å². The zero-order valence-electron chi connectivity index (χ0n) is 11.7. The monoisotopic (exact) mass is 274 g/mol. The van der Waals surface area contributed by atoms with Crippen LogP contribution < -0.4 is 11.1 Å². The molecule has 2 rings (SSSR count). The summed E-state index contributed by atoms with van der Waals surface area (Å²) in [5.41, 5.74) is 7.22. The highest BCUT2D eigenvalue weighted by Crippen LogP contribution is 2.21. The molecule has 0 atom stereocenters. The van der Waals surface area contributed by atoms with E-state index in [0.717, 1.165) is 18.5 Å². The minimum Gasteiger partial charge on any atom is -0.370 e. The SMILES string of the molecule is CC(C)CCNc1cc(-c2ccc(F)cc2)nc(N)n1. The van der Waals surface area contributed by atoms with Gasteiger partial charge < -0.3 is 11.1 Å². The largest absolute Gasteiger partial charge is 0.370 e. The molecule has 0 fully saturated rings. The lowest BCUT2D eigenvalue weighted by Gasteiger charge is -2.09. The van der Waals surface area contributed by atoms with Gasteiger partial charge in [0.2, 0.25) is 5.95 Å². The summed E-state index contributed by atoms with van der Waals surface area (Å²) >= 11 is 0. The van der Waals surface area contributed by atoms with Crippen LogP contribution in [0.3, 0.4) is 0 Å². The minimum atomic E-state index is -0.272. The summed E-state index contributed by atoms with van der Waals surface area (Å²) in [6.45, 7) is 5.16. The Hall–Kier alpha value is -2.17. The van der Waals surface area contributed by atoms with E-state index in [-0.39, 0.29) is 11.8 Å². The number of hydrogen-bond acceptors (Lipinski definition) is 4. The van der Waals surface area contributed by atoms with E-state index in [4.69, 9.17) is 5.73 Å². The van der Waals surface area contributed by atoms with E-state index in [1.54, 1.807) is 12.1 Å². The third-order valence-electron chi connectivity index (χ3n) is 2.91. The number of halogens is 1. The average Bonchev–Trinajstić information content (AvgIpc) is 2.38. The Morgan fingerprint density at radius 1 is 1.20 bits per heavy atom. The van der Waals surface area contributed by atoms with Crippen molar-refractivity contribution in [2.75, 3.05) is 17.6 Å². The predicted octanol–water partition coefficient (Wildman–Crippen LogP) is 3.32. The number of anilines is 2. The topological polar surface area (TPSA) is 63.8 Å². The Balaban J connectivity index is 2.18. The molecule has 4 nitrogen and oxygen atoms in total. The highest BCUT2D eigenvalue weighted by atomic mass is 19.1. The molecule has 1 heterocycles. The van der Waals surface area contributed by atoms with Crippen molar-refractivity contribution in [3.05, 3.63) is 36.1 Å². The number of hydrogen-bond donors (Lipinski definition) is 2. The van der Waals surface area contributed by atoms with Crippen molar-refractivity contribution < 1.29 is 4.39 Å². The van der Waals surface area contributed by atoms with Crippen LogP contribution in [0.4, 0.5) is 16.2 Å². The fraction of sp³-hybridized carbons (Fsp3) is 0.333. The number of nitrogens with zero attached hydrogens (tertiary/aromatic N) is 2. The van der Waals surface area contributed by atoms with Gasteiger partial charge in [-0.15, -0.1) is 0 Å². The first-order valence-corrected chi connectivity index (χ1v) is 6.69. The normalized spacial score (nSPS) is 10.8. The van der Waals surface area contributed by atoms with Crippen molar-refractivity contribution in [3.8, 4) is 11.3 Å². The zero-order chi connectivity index (χ0) is 14.5. The molecule has 0 aliphatic carbocycles. The fourth-order valence-electron chi connectivity index (χ4n) is 1.81. The van der Waals surface area contributed by atoms with Gasteiger partial charge in [0.05, 0.1) is 5.69 Å². The molecule has 106 valence electrons. The molecular weight excluding hydrogens is 255 g/mol. The minimum absolute atomic E-state index is 0.207. The third kappa shape index (κ3) is 3.91. The Labute approximate surface area is 118 Å². The summed E-state index contributed by atoms with van der Waals surface area (Å²) in [7, 11) is 0. The molecular formula is C15H19FN4. The molecule has 0 aliphatic heterocycles. The van der Waals surface area contributed by atoms with Crippen molar-refractivity contribution in [1.29, 1.82) is 0 Å². The molecule has 0 aliphatic rings. The van der Waals surface area contributed by atoms with Crippen LogP contribution in [-0.4, -0.2) is 16.5 Å². The Bertz CT molecular complexity index is 567. The summed E-state index contributed by atoms with van der Waals surface area (Å²) in [5, 5.41) is 3.23. The van der Waals surface area contributed by atoms with Crippen LogP contribution in [0, 0.1) is 11.7 Å². The Morgan fingerprint density at radius 2 is 1.90 bits per heavy atom. The van der Waals surface area contributed by atoms with Crippen molar-refractivity contribution in [1.82, 2.24) is 9.97 Å². The fourth-order valence-corrected chi connectivity index (χ4v) is 1.81. The summed E-state index contributed by atoms with van der Waals surface area (Å²) in [4.78, 5) is 8.34. The van der Waals surface area contributed by atoms with Gasteiger partial charge in [-0.2, -0.15) is 4.98 Å². The van der Waals surface area contributed by atoms with Crippen LogP contribution in [0.1, 0.15) is 20.3 Å². The van der Waals surface area contributed by atoms with Gasteiger partial charge in [-0.05, 0) is 36.6 Å². The van der Waals surface area contributed by atoms with Crippen molar-refractivity contribution in [3.63, 3.8) is 0 Å². The first kappa shape index (κ1) is 14.2. The Kier molecular flexibility index (Phi) is 4.50. The second kappa shape index (κ2) is 6.32. The van der Waals surface area contributed by atoms with Crippen LogP contribution in [0.25, 0.3) is 11.3 Å². The molecule has 1 aromatic heterocycles. The molecule has 1 aromatic carbocycles. The van der Waals surface area contributed by atoms with Crippen LogP contribution in [-0.2, 0) is 0 Å². The lowest BCUT2D eigenvalue weighted by atomic mass is 10.1. The lowest BCUT2D eigenvalue weighted by Crippen LogP contribution is -2.08. The van der Waals surface area contributed by atoms with Gasteiger partial charge >= 0.3 is 0 Å². The van der Waals surface area contributed by atoms with Gasteiger partial charge in [-0.1, -0.05) is 13.8 Å². The highest BCUT2D eigenvalue weighted by Gasteiger charge is 2.05. The van der Waals surface area contributed by atoms with Crippen LogP contribution >= 0.6 is 0 Å². The van der Waals surface area contributed by atoms with Crippen molar-refractivity contribution in [2.45, 2.75) is 20.3 Å². The van der Waals surface area contributed by atoms with Crippen LogP contribution in [0.15, 0.2) is 30.3 Å². The lowest BCUT2D eigenvalue weighted by molar-refractivity contribution is 0.606. The second-order valence-electron chi connectivity index (χ2n) is 5.11. The zero-order valence-corrected chi connectivity index (χ0v) is 11.7. The molecule has 20 heavy (non-hydrogen) atoms. The summed E-state index contributed by atoms with van der Waals surface area (Å²) in [5.74, 6) is 1.25. The number of nitrogens with two attached hydrogens (primary N) is 1. The van der Waals surface area contributed by atoms with Gasteiger partial charge in [0.25, 0.3) is 0 Å². The van der Waals surface area contributed by atoms with E-state index in [0.29, 0.717) is 17.4 Å². The van der Waals surface area contributed by atoms with Crippen molar-refractivity contribution >= 4 is 11.8 Å². The number of aromatic nitrogens is 2. The van der Waals surface area contributed by atoms with E-state index in [2.05, 4.69) is 29.1 Å². The summed E-state index contributed by atoms with van der Waals surface area (Å²) < 4.78 is 12.9. The third-order valence-corrected chi connectivity index (χ3v) is 2.91. The average molecular weight is 274 g/mol. The van der Waals surface area contributed by atoms with E-state index in [1.807, 2.05) is 6.07 Å². The first-order valence-electron chi connectivity index (χ1n) is 6.69. The molecule has 2 aromatic rings. The van der Waals surface area contributed by atoms with Gasteiger partial charge in [-0.25, -0.2) is 9.37 Å². The van der Waals surface area contributed by atoms with Gasteiger partial charge in [0.1, 0.15) is 11.6 Å². The summed E-state index contributed by atoms with van der Waals surface area (Å²) in [6.07, 6.45) is 1.05. The van der Waals surface area contributed by atoms with Gasteiger partial charge in [0.15, 0.2) is 0 Å². The summed E-state index contributed by atoms with van der Waals surface area (Å²) in [6, 6.07) is 7.98. The number of benzene rings is 1. The van der Waals surface area contributed by atoms with Crippen LogP contribution in [0.2, 0.25) is 0 Å². The Morgan fingerprint density at radius 3 is 2.55 bits per heavy atom. The molecule has 0 radical (unpaired) electrons. The predicted molar refractivity (Wildman–Crippen MR) is 79.8 cm³/mol. The molecule has 0 bridgehead atoms. The second-order valence-corrected chi connectivity index (χ2v) is 5.11.